The number of aromatic nitrogens is 2. The molecule has 3 aromatic rings. The van der Waals surface area contributed by atoms with Gasteiger partial charge in [-0.15, -0.1) is 0 Å². The Balaban J connectivity index is 2.20. The summed E-state index contributed by atoms with van der Waals surface area (Å²) in [5, 5.41) is 0.648. The second kappa shape index (κ2) is 4.47. The molecule has 0 bridgehead atoms. The molecule has 4 rings (SSSR count). The molecule has 1 aliphatic rings. The van der Waals surface area contributed by atoms with Crippen LogP contribution in [0.1, 0.15) is 0 Å². The number of para-hydroxylation sites is 1. The lowest BCUT2D eigenvalue weighted by atomic mass is 10.2. The lowest BCUT2D eigenvalue weighted by Gasteiger charge is -2.22. The molecule has 0 fully saturated rings. The van der Waals surface area contributed by atoms with Crippen LogP contribution in [0.25, 0.3) is 16.6 Å². The van der Waals surface area contributed by atoms with Crippen LogP contribution in [0.3, 0.4) is 0 Å². The summed E-state index contributed by atoms with van der Waals surface area (Å²) in [6, 6.07) is 11.5. The summed E-state index contributed by atoms with van der Waals surface area (Å²) >= 11 is 6.99. The van der Waals surface area contributed by atoms with Crippen molar-refractivity contribution in [2.75, 3.05) is 7.11 Å². The molecule has 104 valence electrons. The number of hydrogen-bond acceptors (Lipinski definition) is 4. The fourth-order valence-corrected chi connectivity index (χ4v) is 3.98. The third-order valence-corrected chi connectivity index (χ3v) is 4.90. The highest BCUT2D eigenvalue weighted by atomic mass is 32.2. The molecule has 1 N–H and O–H groups in total. The maximum Gasteiger partial charge on any atom is 0.259 e. The molecule has 1 aromatic heterocycles. The average Bonchev–Trinajstić information content (AvgIpc) is 2.50. The van der Waals surface area contributed by atoms with E-state index < -0.39 is 0 Å². The van der Waals surface area contributed by atoms with E-state index in [1.165, 1.54) is 0 Å². The summed E-state index contributed by atoms with van der Waals surface area (Å²) in [5.41, 5.74) is 1.69. The maximum absolute atomic E-state index is 12.1. The van der Waals surface area contributed by atoms with Crippen molar-refractivity contribution in [1.29, 1.82) is 0 Å². The van der Waals surface area contributed by atoms with E-state index in [4.69, 9.17) is 17.0 Å². The molecule has 2 aromatic carbocycles. The SMILES string of the molecule is COc1ccc2c(c1)Sc1cccc3c(=O)[nH]c(=S)n-2c13. The standard InChI is InChI=1S/C15H10N2O2S2/c1-19-8-5-6-10-12(7-8)21-11-4-2-3-9-13(11)17(10)15(20)16-14(9)18/h2-7H,1H3,(H,16,18,20). The van der Waals surface area contributed by atoms with Crippen molar-refractivity contribution < 1.29 is 4.74 Å². The highest BCUT2D eigenvalue weighted by Crippen LogP contribution is 2.42. The Morgan fingerprint density at radius 1 is 1.24 bits per heavy atom. The number of rotatable bonds is 1. The Bertz CT molecular complexity index is 1000. The van der Waals surface area contributed by atoms with Gasteiger partial charge in [-0.05, 0) is 42.5 Å². The summed E-state index contributed by atoms with van der Waals surface area (Å²) in [5.74, 6) is 0.799. The quantitative estimate of drug-likeness (QED) is 0.546. The average molecular weight is 314 g/mol. The first kappa shape index (κ1) is 12.7. The van der Waals surface area contributed by atoms with E-state index in [-0.39, 0.29) is 5.56 Å². The van der Waals surface area contributed by atoms with Gasteiger partial charge < -0.3 is 4.74 Å². The Labute approximate surface area is 129 Å². The van der Waals surface area contributed by atoms with Crippen LogP contribution in [-0.2, 0) is 0 Å². The van der Waals surface area contributed by atoms with Crippen molar-refractivity contribution in [1.82, 2.24) is 9.55 Å². The molecule has 0 radical (unpaired) electrons. The van der Waals surface area contributed by atoms with Gasteiger partial charge in [0.25, 0.3) is 5.56 Å². The summed E-state index contributed by atoms with van der Waals surface area (Å²) in [4.78, 5) is 16.9. The van der Waals surface area contributed by atoms with Crippen molar-refractivity contribution in [3.63, 3.8) is 0 Å². The Hall–Kier alpha value is -2.05. The third kappa shape index (κ3) is 1.76. The van der Waals surface area contributed by atoms with Crippen LogP contribution in [0.2, 0.25) is 0 Å². The van der Waals surface area contributed by atoms with Crippen LogP contribution in [0, 0.1) is 4.77 Å². The molecule has 4 nitrogen and oxygen atoms in total. The summed E-state index contributed by atoms with van der Waals surface area (Å²) in [6.45, 7) is 0. The number of nitrogens with one attached hydrogen (secondary N) is 1. The topological polar surface area (TPSA) is 47.0 Å². The number of aromatic amines is 1. The predicted octanol–water partition coefficient (Wildman–Crippen LogP) is 3.52. The molecule has 1 aliphatic heterocycles. The van der Waals surface area contributed by atoms with Gasteiger partial charge in [0.05, 0.1) is 23.7 Å². The highest BCUT2D eigenvalue weighted by Gasteiger charge is 2.20. The van der Waals surface area contributed by atoms with E-state index in [0.717, 1.165) is 26.7 Å². The zero-order valence-corrected chi connectivity index (χ0v) is 12.7. The van der Waals surface area contributed by atoms with Gasteiger partial charge in [0, 0.05) is 9.79 Å². The Morgan fingerprint density at radius 3 is 2.90 bits per heavy atom. The van der Waals surface area contributed by atoms with Gasteiger partial charge in [0.1, 0.15) is 5.75 Å². The van der Waals surface area contributed by atoms with E-state index in [1.54, 1.807) is 18.9 Å². The maximum atomic E-state index is 12.1. The summed E-state index contributed by atoms with van der Waals surface area (Å²) in [6.07, 6.45) is 0. The molecule has 0 unspecified atom stereocenters. The van der Waals surface area contributed by atoms with Gasteiger partial charge in [-0.3, -0.25) is 14.3 Å². The van der Waals surface area contributed by atoms with E-state index in [2.05, 4.69) is 4.98 Å². The van der Waals surface area contributed by atoms with Gasteiger partial charge in [-0.25, -0.2) is 0 Å². The van der Waals surface area contributed by atoms with Crippen molar-refractivity contribution >= 4 is 34.9 Å². The van der Waals surface area contributed by atoms with Crippen LogP contribution in [-0.4, -0.2) is 16.7 Å². The molecule has 2 heterocycles. The van der Waals surface area contributed by atoms with Crippen LogP contribution in [0.15, 0.2) is 51.0 Å². The van der Waals surface area contributed by atoms with Gasteiger partial charge >= 0.3 is 0 Å². The van der Waals surface area contributed by atoms with Crippen LogP contribution < -0.4 is 10.3 Å². The number of ether oxygens (including phenoxy) is 1. The van der Waals surface area contributed by atoms with Crippen molar-refractivity contribution in [3.05, 3.63) is 51.5 Å². The zero-order chi connectivity index (χ0) is 14.6. The van der Waals surface area contributed by atoms with Gasteiger partial charge in [-0.2, -0.15) is 0 Å². The minimum Gasteiger partial charge on any atom is -0.497 e. The van der Waals surface area contributed by atoms with E-state index in [1.807, 2.05) is 41.0 Å². The molecule has 6 heteroatoms. The molecule has 0 saturated carbocycles. The summed E-state index contributed by atoms with van der Waals surface area (Å²) < 4.78 is 7.62. The van der Waals surface area contributed by atoms with Crippen LogP contribution >= 0.6 is 24.0 Å². The van der Waals surface area contributed by atoms with Crippen molar-refractivity contribution in [2.24, 2.45) is 0 Å². The van der Waals surface area contributed by atoms with Gasteiger partial charge in [0.15, 0.2) is 4.77 Å². The molecular weight excluding hydrogens is 304 g/mol. The lowest BCUT2D eigenvalue weighted by Crippen LogP contribution is -2.16. The molecule has 21 heavy (non-hydrogen) atoms. The normalized spacial score (nSPS) is 12.2. The summed E-state index contributed by atoms with van der Waals surface area (Å²) in [7, 11) is 1.65. The smallest absolute Gasteiger partial charge is 0.259 e. The van der Waals surface area contributed by atoms with E-state index >= 15 is 0 Å². The lowest BCUT2D eigenvalue weighted by molar-refractivity contribution is 0.413. The van der Waals surface area contributed by atoms with Crippen LogP contribution in [0.5, 0.6) is 5.75 Å². The van der Waals surface area contributed by atoms with E-state index in [9.17, 15) is 4.79 Å². The predicted molar refractivity (Wildman–Crippen MR) is 85.4 cm³/mol. The van der Waals surface area contributed by atoms with E-state index in [0.29, 0.717) is 10.2 Å². The number of hydrogen-bond donors (Lipinski definition) is 1. The van der Waals surface area contributed by atoms with Crippen LogP contribution in [0.4, 0.5) is 0 Å². The number of fused-ring (bicyclic) bond motifs is 2. The molecule has 0 spiro atoms. The fourth-order valence-electron chi connectivity index (χ4n) is 2.58. The fraction of sp³-hybridized carbons (Fsp3) is 0.0667. The first-order valence-corrected chi connectivity index (χ1v) is 7.56. The van der Waals surface area contributed by atoms with Gasteiger partial charge in [-0.1, -0.05) is 17.8 Å². The molecule has 0 aliphatic carbocycles. The minimum absolute atomic E-state index is 0.148. The molecule has 0 amide bonds. The molecule has 0 saturated heterocycles. The largest absolute Gasteiger partial charge is 0.497 e. The monoisotopic (exact) mass is 314 g/mol. The Kier molecular flexibility index (Phi) is 2.70. The molecule has 0 atom stereocenters. The first-order valence-electron chi connectivity index (χ1n) is 6.33. The van der Waals surface area contributed by atoms with Crippen molar-refractivity contribution in [2.45, 2.75) is 9.79 Å². The number of methoxy groups -OCH3 is 1. The van der Waals surface area contributed by atoms with Crippen molar-refractivity contribution in [3.8, 4) is 11.4 Å². The zero-order valence-electron chi connectivity index (χ0n) is 11.0. The highest BCUT2D eigenvalue weighted by molar-refractivity contribution is 7.99. The molecular formula is C15H10N2O2S2. The third-order valence-electron chi connectivity index (χ3n) is 3.52. The number of benzene rings is 2. The number of H-pyrrole nitrogens is 1. The Morgan fingerprint density at radius 2 is 2.10 bits per heavy atom. The number of nitrogens with zero attached hydrogens (tertiary/aromatic N) is 1. The second-order valence-corrected chi connectivity index (χ2v) is 6.15. The van der Waals surface area contributed by atoms with Gasteiger partial charge in [0.2, 0.25) is 0 Å². The second-order valence-electron chi connectivity index (χ2n) is 4.68. The first-order chi connectivity index (χ1) is 10.2. The minimum atomic E-state index is -0.148.